The lowest BCUT2D eigenvalue weighted by Gasteiger charge is -2.32. The summed E-state index contributed by atoms with van der Waals surface area (Å²) < 4.78 is 0. The van der Waals surface area contributed by atoms with Crippen molar-refractivity contribution in [1.82, 2.24) is 4.90 Å². The van der Waals surface area contributed by atoms with Crippen molar-refractivity contribution >= 4 is 0 Å². The lowest BCUT2D eigenvalue weighted by Crippen LogP contribution is -2.41. The van der Waals surface area contributed by atoms with Gasteiger partial charge in [0.15, 0.2) is 0 Å². The Kier molecular flexibility index (Phi) is 1.66. The molecule has 0 bridgehead atoms. The summed E-state index contributed by atoms with van der Waals surface area (Å²) in [5, 5.41) is 11.3. The van der Waals surface area contributed by atoms with E-state index in [1.807, 2.05) is 0 Å². The minimum atomic E-state index is -0.360. The Hall–Kier alpha value is -0.0800. The lowest BCUT2D eigenvalue weighted by atomic mass is 10.0. The summed E-state index contributed by atoms with van der Waals surface area (Å²) in [6, 6.07) is 0.663. The smallest absolute Gasteiger partial charge is 0.146 e. The molecule has 2 saturated heterocycles. The molecule has 2 unspecified atom stereocenters. The molecule has 0 aromatic carbocycles. The molecule has 2 rings (SSSR count). The second-order valence-corrected chi connectivity index (χ2v) is 3.42. The van der Waals surface area contributed by atoms with Crippen molar-refractivity contribution < 1.29 is 5.11 Å². The van der Waals surface area contributed by atoms with Crippen molar-refractivity contribution in [2.75, 3.05) is 6.54 Å². The van der Waals surface area contributed by atoms with Crippen molar-refractivity contribution in [1.29, 1.82) is 0 Å². The first-order valence-corrected chi connectivity index (χ1v) is 4.29. The van der Waals surface area contributed by atoms with E-state index in [4.69, 9.17) is 0 Å². The van der Waals surface area contributed by atoms with E-state index in [-0.39, 0.29) is 6.23 Å². The number of hydrogen-bond acceptors (Lipinski definition) is 1. The van der Waals surface area contributed by atoms with Gasteiger partial charge in [-0.15, -0.1) is 0 Å². The molecule has 2 aliphatic heterocycles. The number of hydrogen-bond donors (Lipinski definition) is 0. The zero-order chi connectivity index (χ0) is 6.97. The Morgan fingerprint density at radius 2 is 1.90 bits per heavy atom. The summed E-state index contributed by atoms with van der Waals surface area (Å²) in [6.45, 7) is 1.07. The Bertz CT molecular complexity index is 126. The van der Waals surface area contributed by atoms with Crippen LogP contribution in [-0.2, 0) is 5.11 Å². The first-order chi connectivity index (χ1) is 4.88. The fourth-order valence-electron chi connectivity index (χ4n) is 2.24. The van der Waals surface area contributed by atoms with Gasteiger partial charge in [0.05, 0.1) is 0 Å². The molecule has 0 amide bonds. The molecular formula is C8H14NO. The van der Waals surface area contributed by atoms with Gasteiger partial charge in [0.25, 0.3) is 0 Å². The van der Waals surface area contributed by atoms with Gasteiger partial charge in [-0.05, 0) is 32.1 Å². The van der Waals surface area contributed by atoms with Crippen LogP contribution in [0.4, 0.5) is 0 Å². The lowest BCUT2D eigenvalue weighted by molar-refractivity contribution is -0.0807. The highest BCUT2D eigenvalue weighted by atomic mass is 16.3. The zero-order valence-corrected chi connectivity index (χ0v) is 6.25. The third-order valence-electron chi connectivity index (χ3n) is 2.78. The SMILES string of the molecule is [O]C1CCCC2CCCN12. The number of rotatable bonds is 0. The maximum atomic E-state index is 11.3. The standard InChI is InChI=1S/C8H14NO/c10-8-5-1-3-7-4-2-6-9(7)8/h7-8H,1-6H2. The molecule has 2 heteroatoms. The molecule has 2 fully saturated rings. The maximum Gasteiger partial charge on any atom is 0.146 e. The van der Waals surface area contributed by atoms with Crippen molar-refractivity contribution in [2.45, 2.75) is 44.4 Å². The van der Waals surface area contributed by atoms with Gasteiger partial charge in [-0.25, -0.2) is 5.11 Å². The third kappa shape index (κ3) is 0.956. The van der Waals surface area contributed by atoms with E-state index in [1.165, 1.54) is 19.3 Å². The van der Waals surface area contributed by atoms with Crippen LogP contribution in [-0.4, -0.2) is 23.7 Å². The van der Waals surface area contributed by atoms with Crippen LogP contribution in [0.2, 0.25) is 0 Å². The topological polar surface area (TPSA) is 23.1 Å². The summed E-state index contributed by atoms with van der Waals surface area (Å²) in [4.78, 5) is 2.16. The predicted molar refractivity (Wildman–Crippen MR) is 38.1 cm³/mol. The second kappa shape index (κ2) is 2.51. The Labute approximate surface area is 61.8 Å². The minimum absolute atomic E-state index is 0.360. The average molecular weight is 140 g/mol. The quantitative estimate of drug-likeness (QED) is 0.498. The highest BCUT2D eigenvalue weighted by Gasteiger charge is 2.33. The number of fused-ring (bicyclic) bond motifs is 1. The molecule has 1 radical (unpaired) electrons. The van der Waals surface area contributed by atoms with Gasteiger partial charge in [-0.2, -0.15) is 0 Å². The summed E-state index contributed by atoms with van der Waals surface area (Å²) in [5.74, 6) is 0. The summed E-state index contributed by atoms with van der Waals surface area (Å²) in [7, 11) is 0. The largest absolute Gasteiger partial charge is 0.273 e. The molecular weight excluding hydrogens is 126 g/mol. The number of piperidine rings is 1. The highest BCUT2D eigenvalue weighted by Crippen LogP contribution is 2.29. The maximum absolute atomic E-state index is 11.3. The van der Waals surface area contributed by atoms with E-state index in [0.717, 1.165) is 19.4 Å². The van der Waals surface area contributed by atoms with Crippen molar-refractivity contribution in [3.05, 3.63) is 0 Å². The van der Waals surface area contributed by atoms with Gasteiger partial charge in [-0.3, -0.25) is 4.90 Å². The summed E-state index contributed by atoms with van der Waals surface area (Å²) in [5.41, 5.74) is 0. The van der Waals surface area contributed by atoms with Crippen molar-refractivity contribution in [2.24, 2.45) is 0 Å². The molecule has 0 aromatic rings. The molecule has 57 valence electrons. The van der Waals surface area contributed by atoms with Gasteiger partial charge >= 0.3 is 0 Å². The average Bonchev–Trinajstić information content (AvgIpc) is 2.36. The van der Waals surface area contributed by atoms with Crippen LogP contribution < -0.4 is 0 Å². The molecule has 10 heavy (non-hydrogen) atoms. The summed E-state index contributed by atoms with van der Waals surface area (Å²) in [6.07, 6.45) is 5.49. The van der Waals surface area contributed by atoms with Crippen LogP contribution in [0, 0.1) is 0 Å². The molecule has 0 saturated carbocycles. The fraction of sp³-hybridized carbons (Fsp3) is 1.00. The fourth-order valence-corrected chi connectivity index (χ4v) is 2.24. The van der Waals surface area contributed by atoms with E-state index >= 15 is 0 Å². The van der Waals surface area contributed by atoms with Gasteiger partial charge in [0.2, 0.25) is 0 Å². The van der Waals surface area contributed by atoms with Crippen LogP contribution >= 0.6 is 0 Å². The molecule has 0 spiro atoms. The van der Waals surface area contributed by atoms with Gasteiger partial charge < -0.3 is 0 Å². The zero-order valence-electron chi connectivity index (χ0n) is 6.25. The van der Waals surface area contributed by atoms with E-state index < -0.39 is 0 Å². The van der Waals surface area contributed by atoms with Crippen LogP contribution in [0.15, 0.2) is 0 Å². The van der Waals surface area contributed by atoms with Crippen LogP contribution in [0.1, 0.15) is 32.1 Å². The number of nitrogens with zero attached hydrogens (tertiary/aromatic N) is 1. The van der Waals surface area contributed by atoms with Gasteiger partial charge in [-0.1, -0.05) is 0 Å². The predicted octanol–water partition coefficient (Wildman–Crippen LogP) is 1.39. The Morgan fingerprint density at radius 1 is 1.10 bits per heavy atom. The Morgan fingerprint density at radius 3 is 2.70 bits per heavy atom. The van der Waals surface area contributed by atoms with Crippen LogP contribution in [0.25, 0.3) is 0 Å². The van der Waals surface area contributed by atoms with Crippen molar-refractivity contribution in [3.8, 4) is 0 Å². The molecule has 2 nitrogen and oxygen atoms in total. The first kappa shape index (κ1) is 6.62. The highest BCUT2D eigenvalue weighted by molar-refractivity contribution is 4.84. The first-order valence-electron chi connectivity index (χ1n) is 4.29. The van der Waals surface area contributed by atoms with Gasteiger partial charge in [0.1, 0.15) is 6.23 Å². The second-order valence-electron chi connectivity index (χ2n) is 3.42. The van der Waals surface area contributed by atoms with Crippen LogP contribution in [0.3, 0.4) is 0 Å². The van der Waals surface area contributed by atoms with E-state index in [1.54, 1.807) is 0 Å². The molecule has 0 aliphatic carbocycles. The van der Waals surface area contributed by atoms with E-state index in [0.29, 0.717) is 6.04 Å². The van der Waals surface area contributed by atoms with Gasteiger partial charge in [0, 0.05) is 12.6 Å². The van der Waals surface area contributed by atoms with E-state index in [2.05, 4.69) is 4.90 Å². The molecule has 0 N–H and O–H groups in total. The molecule has 2 heterocycles. The van der Waals surface area contributed by atoms with Crippen molar-refractivity contribution in [3.63, 3.8) is 0 Å². The molecule has 0 aromatic heterocycles. The third-order valence-corrected chi connectivity index (χ3v) is 2.78. The Balaban J connectivity index is 2.03. The molecule has 2 atom stereocenters. The molecule has 2 aliphatic rings. The van der Waals surface area contributed by atoms with E-state index in [9.17, 15) is 5.11 Å². The van der Waals surface area contributed by atoms with Crippen LogP contribution in [0.5, 0.6) is 0 Å². The normalized spacial score (nSPS) is 41.7. The minimum Gasteiger partial charge on any atom is -0.273 e. The summed E-state index contributed by atoms with van der Waals surface area (Å²) >= 11 is 0. The monoisotopic (exact) mass is 140 g/mol.